The molecule has 184 valence electrons. The Kier molecular flexibility index (Phi) is 10.0. The van der Waals surface area contributed by atoms with Gasteiger partial charge < -0.3 is 0 Å². The van der Waals surface area contributed by atoms with Gasteiger partial charge in [-0.3, -0.25) is 0 Å². The van der Waals surface area contributed by atoms with Crippen LogP contribution in [0.2, 0.25) is 0 Å². The summed E-state index contributed by atoms with van der Waals surface area (Å²) in [6.45, 7) is 4.62. The van der Waals surface area contributed by atoms with Gasteiger partial charge in [0.05, 0.1) is 0 Å². The number of thioether (sulfide) groups is 1. The highest BCUT2D eigenvalue weighted by atomic mass is 32.2. The van der Waals surface area contributed by atoms with Crippen molar-refractivity contribution >= 4 is 38.8 Å². The second-order valence-corrected chi connectivity index (χ2v) is 12.4. The molecule has 34 heavy (non-hydrogen) atoms. The van der Waals surface area contributed by atoms with Gasteiger partial charge in [-0.2, -0.15) is 0 Å². The maximum absolute atomic E-state index is 2.70. The molecule has 2 heterocycles. The number of fused-ring (bicyclic) bond motifs is 2. The van der Waals surface area contributed by atoms with Gasteiger partial charge in [0, 0.05) is 26.2 Å². The molecule has 4 rings (SSSR count). The number of hydrogen-bond donors (Lipinski definition) is 0. The van der Waals surface area contributed by atoms with Crippen LogP contribution in [0.5, 0.6) is 0 Å². The molecule has 2 aromatic rings. The molecule has 0 unspecified atom stereocenters. The third kappa shape index (κ3) is 6.49. The lowest BCUT2D eigenvalue weighted by Gasteiger charge is -2.31. The van der Waals surface area contributed by atoms with Crippen LogP contribution in [-0.2, 0) is 0 Å². The van der Waals surface area contributed by atoms with Crippen LogP contribution in [-0.4, -0.2) is 5.75 Å². The molecule has 0 N–H and O–H groups in total. The van der Waals surface area contributed by atoms with Gasteiger partial charge in [0.25, 0.3) is 0 Å². The van der Waals surface area contributed by atoms with Crippen LogP contribution in [0.3, 0.4) is 0 Å². The fourth-order valence-electron chi connectivity index (χ4n) is 5.65. The molecule has 1 aliphatic carbocycles. The molecule has 0 bridgehead atoms. The van der Waals surface area contributed by atoms with E-state index in [1.165, 1.54) is 111 Å². The van der Waals surface area contributed by atoms with Gasteiger partial charge in [-0.15, -0.1) is 23.1 Å². The smallest absolute Gasteiger partial charge is 0.0349 e. The monoisotopic (exact) mass is 492 g/mol. The van der Waals surface area contributed by atoms with Crippen molar-refractivity contribution < 1.29 is 0 Å². The highest BCUT2D eigenvalue weighted by molar-refractivity contribution is 8.04. The van der Waals surface area contributed by atoms with Crippen molar-refractivity contribution in [1.82, 2.24) is 0 Å². The molecule has 0 amide bonds. The predicted octanol–water partition coefficient (Wildman–Crippen LogP) is 11.3. The highest BCUT2D eigenvalue weighted by Crippen LogP contribution is 2.51. The molecule has 1 aliphatic heterocycles. The summed E-state index contributed by atoms with van der Waals surface area (Å²) in [7, 11) is 0. The second-order valence-electron chi connectivity index (χ2n) is 10.4. The van der Waals surface area contributed by atoms with Crippen molar-refractivity contribution in [1.29, 1.82) is 0 Å². The number of benzene rings is 1. The summed E-state index contributed by atoms with van der Waals surface area (Å²) >= 11 is 3.98. The SMILES string of the molecule is CCCCCCCCC1(CCCCCCCC)C=CC2=C(c3csc4ccccc34)CSC2=C1. The predicted molar refractivity (Wildman–Crippen MR) is 157 cm³/mol. The Balaban J connectivity index is 1.47. The van der Waals surface area contributed by atoms with E-state index in [1.54, 1.807) is 10.5 Å². The zero-order valence-electron chi connectivity index (χ0n) is 21.5. The zero-order valence-corrected chi connectivity index (χ0v) is 23.2. The Bertz CT molecular complexity index is 987. The van der Waals surface area contributed by atoms with Gasteiger partial charge in [-0.25, -0.2) is 0 Å². The summed E-state index contributed by atoms with van der Waals surface area (Å²) in [6.07, 6.45) is 27.2. The van der Waals surface area contributed by atoms with Crippen LogP contribution < -0.4 is 0 Å². The summed E-state index contributed by atoms with van der Waals surface area (Å²) < 4.78 is 1.41. The van der Waals surface area contributed by atoms with Crippen LogP contribution in [0.1, 0.15) is 109 Å². The van der Waals surface area contributed by atoms with Gasteiger partial charge in [0.15, 0.2) is 0 Å². The Hall–Kier alpha value is -1.25. The molecule has 0 saturated carbocycles. The van der Waals surface area contributed by atoms with E-state index in [2.05, 4.69) is 73.5 Å². The lowest BCUT2D eigenvalue weighted by molar-refractivity contribution is 0.369. The largest absolute Gasteiger partial charge is 0.143 e. The molecule has 0 spiro atoms. The first kappa shape index (κ1) is 25.8. The first-order valence-electron chi connectivity index (χ1n) is 14.0. The number of allylic oxidation sites excluding steroid dienone is 4. The number of thiophene rings is 1. The third-order valence-electron chi connectivity index (χ3n) is 7.76. The lowest BCUT2D eigenvalue weighted by atomic mass is 9.74. The summed E-state index contributed by atoms with van der Waals surface area (Å²) in [5.41, 5.74) is 4.82. The van der Waals surface area contributed by atoms with E-state index >= 15 is 0 Å². The molecule has 2 aliphatic rings. The average molecular weight is 493 g/mol. The van der Waals surface area contributed by atoms with Crippen molar-refractivity contribution in [2.24, 2.45) is 5.41 Å². The average Bonchev–Trinajstić information content (AvgIpc) is 3.47. The van der Waals surface area contributed by atoms with E-state index < -0.39 is 0 Å². The van der Waals surface area contributed by atoms with Crippen LogP contribution in [0.15, 0.2) is 58.4 Å². The Morgan fingerprint density at radius 1 is 0.794 bits per heavy atom. The van der Waals surface area contributed by atoms with Gasteiger partial charge in [0.1, 0.15) is 0 Å². The van der Waals surface area contributed by atoms with Crippen LogP contribution >= 0.6 is 23.1 Å². The Morgan fingerprint density at radius 3 is 2.15 bits per heavy atom. The molecule has 1 aromatic heterocycles. The Labute approximate surface area is 217 Å². The van der Waals surface area contributed by atoms with Crippen LogP contribution in [0, 0.1) is 5.41 Å². The van der Waals surface area contributed by atoms with Crippen LogP contribution in [0.4, 0.5) is 0 Å². The van der Waals surface area contributed by atoms with E-state index in [0.717, 1.165) is 5.75 Å². The topological polar surface area (TPSA) is 0 Å². The minimum atomic E-state index is 0.285. The second kappa shape index (κ2) is 13.2. The molecule has 0 atom stereocenters. The van der Waals surface area contributed by atoms with E-state index in [0.29, 0.717) is 0 Å². The minimum absolute atomic E-state index is 0.285. The third-order valence-corrected chi connectivity index (χ3v) is 9.81. The van der Waals surface area contributed by atoms with Gasteiger partial charge in [-0.05, 0) is 41.0 Å². The van der Waals surface area contributed by atoms with Crippen molar-refractivity contribution in [3.8, 4) is 0 Å². The molecular formula is C32H44S2. The maximum Gasteiger partial charge on any atom is 0.0349 e. The van der Waals surface area contributed by atoms with Gasteiger partial charge in [0.2, 0.25) is 0 Å². The van der Waals surface area contributed by atoms with Crippen molar-refractivity contribution in [3.05, 3.63) is 63.9 Å². The summed E-state index contributed by atoms with van der Waals surface area (Å²) in [6, 6.07) is 8.91. The lowest BCUT2D eigenvalue weighted by Crippen LogP contribution is -2.18. The number of hydrogen-bond acceptors (Lipinski definition) is 2. The van der Waals surface area contributed by atoms with Crippen molar-refractivity contribution in [3.63, 3.8) is 0 Å². The molecule has 0 saturated heterocycles. The first-order valence-corrected chi connectivity index (χ1v) is 15.9. The van der Waals surface area contributed by atoms with Gasteiger partial charge >= 0.3 is 0 Å². The van der Waals surface area contributed by atoms with E-state index in [9.17, 15) is 0 Å². The first-order chi connectivity index (χ1) is 16.8. The number of rotatable bonds is 15. The molecular weight excluding hydrogens is 448 g/mol. The molecule has 1 aromatic carbocycles. The van der Waals surface area contributed by atoms with Crippen molar-refractivity contribution in [2.45, 2.75) is 104 Å². The molecule has 0 fully saturated rings. The molecule has 0 nitrogen and oxygen atoms in total. The van der Waals surface area contributed by atoms with Crippen LogP contribution in [0.25, 0.3) is 15.7 Å². The molecule has 0 radical (unpaired) electrons. The van der Waals surface area contributed by atoms with E-state index in [4.69, 9.17) is 0 Å². The molecule has 2 heteroatoms. The highest BCUT2D eigenvalue weighted by Gasteiger charge is 2.32. The maximum atomic E-state index is 2.70. The quantitative estimate of drug-likeness (QED) is 0.223. The minimum Gasteiger partial charge on any atom is -0.143 e. The summed E-state index contributed by atoms with van der Waals surface area (Å²) in [5, 5.41) is 3.82. The van der Waals surface area contributed by atoms with Crippen molar-refractivity contribution in [2.75, 3.05) is 5.75 Å². The van der Waals surface area contributed by atoms with E-state index in [-0.39, 0.29) is 5.41 Å². The summed E-state index contributed by atoms with van der Waals surface area (Å²) in [4.78, 5) is 1.56. The standard InChI is InChI=1S/C32H44S2/c1-3-5-7-9-11-15-20-32(21-16-12-10-8-6-4-2)22-19-27-29(25-34-31(27)23-32)28-24-33-30-18-14-13-17-26(28)30/h13-14,17-19,22-24H,3-12,15-16,20-21,25H2,1-2H3. The fraction of sp³-hybridized carbons (Fsp3) is 0.562. The van der Waals surface area contributed by atoms with Gasteiger partial charge in [-0.1, -0.05) is 127 Å². The summed E-state index contributed by atoms with van der Waals surface area (Å²) in [5.74, 6) is 1.12. The zero-order chi connectivity index (χ0) is 23.6. The van der Waals surface area contributed by atoms with E-state index in [1.807, 2.05) is 11.3 Å². The normalized spacial score (nSPS) is 16.9. The Morgan fingerprint density at radius 2 is 1.44 bits per heavy atom. The fourth-order valence-corrected chi connectivity index (χ4v) is 7.91. The number of unbranched alkanes of at least 4 members (excludes halogenated alkanes) is 10.